The summed E-state index contributed by atoms with van der Waals surface area (Å²) in [5.41, 5.74) is 0.201. The normalized spacial score (nSPS) is 14.4. The molecular weight excluding hydrogens is 1170 g/mol. The second kappa shape index (κ2) is 35.1. The Labute approximate surface area is 530 Å². The molecule has 0 aromatic heterocycles. The van der Waals surface area contributed by atoms with Gasteiger partial charge in [-0.1, -0.05) is 90.1 Å². The van der Waals surface area contributed by atoms with Crippen LogP contribution in [0.5, 0.6) is 23.0 Å². The molecular formula is C68H105F4N3O13S. The van der Waals surface area contributed by atoms with Gasteiger partial charge in [-0.2, -0.15) is 14.5 Å². The molecule has 4 aromatic rings. The lowest BCUT2D eigenvalue weighted by Gasteiger charge is -2.26. The number of benzene rings is 4. The van der Waals surface area contributed by atoms with E-state index >= 15 is 0 Å². The van der Waals surface area contributed by atoms with E-state index in [2.05, 4.69) is 53.3 Å². The highest BCUT2D eigenvalue weighted by Crippen LogP contribution is 2.33. The topological polar surface area (TPSA) is 190 Å². The van der Waals surface area contributed by atoms with E-state index in [9.17, 15) is 50.5 Å². The van der Waals surface area contributed by atoms with E-state index in [0.29, 0.717) is 22.6 Å². The Hall–Kier alpha value is -6.58. The zero-order valence-electron chi connectivity index (χ0n) is 58.4. The van der Waals surface area contributed by atoms with Gasteiger partial charge in [0, 0.05) is 30.0 Å². The number of para-hydroxylation sites is 1. The Bertz CT molecular complexity index is 2970. The Balaban J connectivity index is 0. The van der Waals surface area contributed by atoms with Crippen LogP contribution in [0.1, 0.15) is 202 Å². The van der Waals surface area contributed by atoms with Gasteiger partial charge in [0.25, 0.3) is 17.7 Å². The fourth-order valence-electron chi connectivity index (χ4n) is 6.41. The predicted molar refractivity (Wildman–Crippen MR) is 346 cm³/mol. The number of halogens is 4. The number of hydrogen-bond donors (Lipinski definition) is 0. The molecule has 2 aliphatic heterocycles. The van der Waals surface area contributed by atoms with Gasteiger partial charge in [-0.3, -0.25) is 34.2 Å². The van der Waals surface area contributed by atoms with Crippen LogP contribution in [0.25, 0.3) is 0 Å². The smallest absolute Gasteiger partial charge is 0.311 e. The van der Waals surface area contributed by atoms with Gasteiger partial charge in [-0.25, -0.2) is 21.6 Å². The minimum absolute atomic E-state index is 0.00919. The van der Waals surface area contributed by atoms with Crippen molar-refractivity contribution in [3.05, 3.63) is 135 Å². The van der Waals surface area contributed by atoms with E-state index in [1.807, 2.05) is 146 Å². The van der Waals surface area contributed by atoms with Gasteiger partial charge in [-0.05, 0) is 193 Å². The fourth-order valence-corrected chi connectivity index (χ4v) is 7.32. The van der Waals surface area contributed by atoms with Crippen LogP contribution < -0.4 is 18.9 Å². The molecule has 89 heavy (non-hydrogen) atoms. The standard InChI is InChI=1S/C11H12F4O.C11H15NO3.C11H16O.C10H14O.C9H15NO5S.C9H15NO2.C5H12.C2H6/c1-5-6(12)8(14)9(15)10(7(5)13)16-11(2,3)4;1-8-5-6-10(15-11(2,3)4)9(7-8)12(13)14;1-9-5-7-10(8-6-9)12-11(2,3)4;1-10(2,3)11-9-7-5-4-6-8-9;1-9(2,3)15-10-7(11)5-6(8(10)12)16(4,13)14;1-7-5-6-8(11)10(7)12-9(2,3)4;1-5(2,3)4;1-2/h1-4H3;5-7H,1-4H3;5-8H,1-4H3;4-8H,1-3H3;6H,5H2,1-4H3;1,5-6H2,2-4H3;1-4H3;1-2H3. The zero-order chi connectivity index (χ0) is 70.4. The van der Waals surface area contributed by atoms with Crippen molar-refractivity contribution in [2.75, 3.05) is 6.26 Å². The third kappa shape index (κ3) is 37.2. The summed E-state index contributed by atoms with van der Waals surface area (Å²) in [5, 5.41) is 11.4. The summed E-state index contributed by atoms with van der Waals surface area (Å²) in [6, 6.07) is 22.9. The third-order valence-electron chi connectivity index (χ3n) is 9.64. The van der Waals surface area contributed by atoms with Crippen molar-refractivity contribution < 1.29 is 73.9 Å². The number of nitrogens with zero attached hydrogens (tertiary/aromatic N) is 3. The van der Waals surface area contributed by atoms with E-state index in [1.165, 1.54) is 16.7 Å². The number of aryl methyl sites for hydroxylation is 2. The first-order chi connectivity index (χ1) is 39.9. The Morgan fingerprint density at radius 2 is 0.933 bits per heavy atom. The van der Waals surface area contributed by atoms with Crippen LogP contribution in [0, 0.1) is 59.6 Å². The first kappa shape index (κ1) is 84.5. The molecule has 2 saturated heterocycles. The molecule has 6 rings (SSSR count). The van der Waals surface area contributed by atoms with Gasteiger partial charge in [0.05, 0.1) is 22.5 Å². The number of hydroxylamine groups is 4. The molecule has 0 N–H and O–H groups in total. The fraction of sp³-hybridized carbons (Fsp3) is 0.574. The van der Waals surface area contributed by atoms with Crippen molar-refractivity contribution in [2.45, 2.75) is 245 Å². The molecule has 0 aliphatic carbocycles. The minimum Gasteiger partial charge on any atom is -0.488 e. The van der Waals surface area contributed by atoms with Gasteiger partial charge < -0.3 is 18.9 Å². The van der Waals surface area contributed by atoms with Crippen LogP contribution >= 0.6 is 0 Å². The molecule has 16 nitrogen and oxygen atoms in total. The lowest BCUT2D eigenvalue weighted by atomic mass is 10.0. The number of carbonyl (C=O) groups is 3. The van der Waals surface area contributed by atoms with Crippen LogP contribution in [0.3, 0.4) is 0 Å². The molecule has 2 aliphatic rings. The second-order valence-corrected chi connectivity index (χ2v) is 30.4. The molecule has 504 valence electrons. The number of ether oxygens (including phenoxy) is 4. The summed E-state index contributed by atoms with van der Waals surface area (Å²) in [6.45, 7) is 54.6. The SMILES string of the molecule is C=C1CCC(=O)N1OC(C)(C)C.CC.CC(C)(C)C.CC(C)(C)ON1C(=O)CC(S(C)(=O)=O)C1=O.CC(C)(C)Oc1ccccc1.Cc1c(F)c(F)c(F)c(OC(C)(C)C)c1F.Cc1ccc(OC(C)(C)C)c([N+](=O)[O-])c1.Cc1ccc(OC(C)(C)C)cc1. The maximum absolute atomic E-state index is 13.5. The number of allylic oxidation sites excluding steroid dienone is 1. The largest absolute Gasteiger partial charge is 0.488 e. The van der Waals surface area contributed by atoms with Crippen molar-refractivity contribution in [3.8, 4) is 23.0 Å². The highest BCUT2D eigenvalue weighted by molar-refractivity contribution is 7.92. The highest BCUT2D eigenvalue weighted by atomic mass is 32.2. The van der Waals surface area contributed by atoms with Crippen molar-refractivity contribution in [2.24, 2.45) is 5.41 Å². The number of imide groups is 1. The average Bonchev–Trinajstić information content (AvgIpc) is 4.09. The van der Waals surface area contributed by atoms with Crippen LogP contribution in [0.2, 0.25) is 0 Å². The molecule has 0 saturated carbocycles. The summed E-state index contributed by atoms with van der Waals surface area (Å²) in [5.74, 6) is -6.22. The molecule has 1 unspecified atom stereocenters. The van der Waals surface area contributed by atoms with E-state index < -0.39 is 83.2 Å². The van der Waals surface area contributed by atoms with Gasteiger partial charge in [0.1, 0.15) is 33.9 Å². The number of amides is 3. The van der Waals surface area contributed by atoms with Crippen molar-refractivity contribution >= 4 is 33.2 Å². The molecule has 0 spiro atoms. The average molecular weight is 1280 g/mol. The van der Waals surface area contributed by atoms with Crippen LogP contribution in [0.4, 0.5) is 23.2 Å². The van der Waals surface area contributed by atoms with E-state index in [0.717, 1.165) is 42.4 Å². The second-order valence-electron chi connectivity index (χ2n) is 28.1. The van der Waals surface area contributed by atoms with Crippen molar-refractivity contribution in [3.63, 3.8) is 0 Å². The van der Waals surface area contributed by atoms with Crippen molar-refractivity contribution in [1.29, 1.82) is 0 Å². The summed E-state index contributed by atoms with van der Waals surface area (Å²) in [4.78, 5) is 55.2. The van der Waals surface area contributed by atoms with Crippen LogP contribution in [-0.2, 0) is 33.9 Å². The summed E-state index contributed by atoms with van der Waals surface area (Å²) < 4.78 is 96.9. The van der Waals surface area contributed by atoms with Crippen LogP contribution in [-0.4, -0.2) is 86.3 Å². The molecule has 21 heteroatoms. The quantitative estimate of drug-likeness (QED) is 0.0405. The molecule has 4 aromatic carbocycles. The maximum atomic E-state index is 13.5. The van der Waals surface area contributed by atoms with Gasteiger partial charge in [0.2, 0.25) is 5.82 Å². The first-order valence-corrected chi connectivity index (χ1v) is 31.3. The Kier molecular flexibility index (Phi) is 33.4. The summed E-state index contributed by atoms with van der Waals surface area (Å²) in [6.07, 6.45) is 1.83. The van der Waals surface area contributed by atoms with Crippen molar-refractivity contribution in [1.82, 2.24) is 10.1 Å². The summed E-state index contributed by atoms with van der Waals surface area (Å²) >= 11 is 0. The number of hydrogen-bond acceptors (Lipinski definition) is 13. The lowest BCUT2D eigenvalue weighted by molar-refractivity contribution is -0.386. The highest BCUT2D eigenvalue weighted by Gasteiger charge is 2.47. The Morgan fingerprint density at radius 3 is 1.29 bits per heavy atom. The number of sulfone groups is 1. The molecule has 0 radical (unpaired) electrons. The molecule has 2 heterocycles. The number of carbonyl (C=O) groups excluding carboxylic acids is 3. The van der Waals surface area contributed by atoms with E-state index in [-0.39, 0.29) is 34.8 Å². The van der Waals surface area contributed by atoms with Gasteiger partial charge in [-0.15, -0.1) is 0 Å². The minimum atomic E-state index is -3.57. The van der Waals surface area contributed by atoms with E-state index in [1.54, 1.807) is 53.7 Å². The number of nitro groups is 1. The van der Waals surface area contributed by atoms with Crippen LogP contribution in [0.15, 0.2) is 85.1 Å². The molecule has 2 fully saturated rings. The maximum Gasteiger partial charge on any atom is 0.311 e. The van der Waals surface area contributed by atoms with E-state index in [4.69, 9.17) is 28.6 Å². The molecule has 3 amide bonds. The Morgan fingerprint density at radius 1 is 0.528 bits per heavy atom. The number of nitro benzene ring substituents is 1. The molecule has 0 bridgehead atoms. The predicted octanol–water partition coefficient (Wildman–Crippen LogP) is 17.7. The van der Waals surface area contributed by atoms with Gasteiger partial charge >= 0.3 is 5.69 Å². The van der Waals surface area contributed by atoms with Gasteiger partial charge in [0.15, 0.2) is 44.0 Å². The summed E-state index contributed by atoms with van der Waals surface area (Å²) in [7, 11) is -3.57. The first-order valence-electron chi connectivity index (χ1n) is 29.3. The zero-order valence-corrected chi connectivity index (χ0v) is 59.2. The monoisotopic (exact) mass is 1280 g/mol. The molecule has 1 atom stereocenters. The lowest BCUT2D eigenvalue weighted by Crippen LogP contribution is -2.40. The number of rotatable bonds is 8. The third-order valence-corrected chi connectivity index (χ3v) is 11.0.